The molecule has 0 radical (unpaired) electrons. The van der Waals surface area contributed by atoms with Gasteiger partial charge in [0.15, 0.2) is 0 Å². The Labute approximate surface area is 72.3 Å². The number of isocyanates is 1. The molecule has 0 saturated heterocycles. The summed E-state index contributed by atoms with van der Waals surface area (Å²) in [7, 11) is 0. The highest BCUT2D eigenvalue weighted by atomic mass is 16.2. The fourth-order valence-electron chi connectivity index (χ4n) is 0.932. The molecule has 0 aromatic carbocycles. The van der Waals surface area contributed by atoms with Crippen LogP contribution in [0.2, 0.25) is 0 Å². The topological polar surface area (TPSA) is 49.7 Å². The van der Waals surface area contributed by atoms with Gasteiger partial charge >= 0.3 is 0 Å². The first kappa shape index (κ1) is 10.8. The van der Waals surface area contributed by atoms with Crippen LogP contribution in [0.3, 0.4) is 0 Å². The van der Waals surface area contributed by atoms with Crippen molar-refractivity contribution in [1.29, 1.82) is 0 Å². The van der Waals surface area contributed by atoms with Crippen molar-refractivity contribution in [3.05, 3.63) is 0 Å². The number of hydrogen-bond acceptors (Lipinski definition) is 3. The van der Waals surface area contributed by atoms with Crippen molar-refractivity contribution in [2.45, 2.75) is 20.3 Å². The molecule has 0 spiro atoms. The van der Waals surface area contributed by atoms with E-state index in [2.05, 4.69) is 4.99 Å². The minimum absolute atomic E-state index is 0.0407. The monoisotopic (exact) mass is 170 g/mol. The number of rotatable bonds is 5. The molecular formula is C8H14N2O2. The molecule has 0 rings (SSSR count). The van der Waals surface area contributed by atoms with Crippen molar-refractivity contribution in [3.8, 4) is 0 Å². The van der Waals surface area contributed by atoms with Crippen molar-refractivity contribution in [2.75, 3.05) is 19.6 Å². The van der Waals surface area contributed by atoms with Gasteiger partial charge in [-0.2, -0.15) is 0 Å². The first-order chi connectivity index (χ1) is 5.76. The van der Waals surface area contributed by atoms with E-state index in [9.17, 15) is 9.59 Å². The van der Waals surface area contributed by atoms with Crippen molar-refractivity contribution in [1.82, 2.24) is 4.90 Å². The predicted octanol–water partition coefficient (Wildman–Crippen LogP) is 0.581. The predicted molar refractivity (Wildman–Crippen MR) is 45.5 cm³/mol. The molecule has 12 heavy (non-hydrogen) atoms. The molecule has 0 unspecified atom stereocenters. The zero-order valence-electron chi connectivity index (χ0n) is 7.54. The molecule has 0 heterocycles. The highest BCUT2D eigenvalue weighted by Crippen LogP contribution is 1.93. The van der Waals surface area contributed by atoms with Gasteiger partial charge < -0.3 is 4.90 Å². The fourth-order valence-corrected chi connectivity index (χ4v) is 0.932. The summed E-state index contributed by atoms with van der Waals surface area (Å²) in [6, 6.07) is 0. The summed E-state index contributed by atoms with van der Waals surface area (Å²) >= 11 is 0. The smallest absolute Gasteiger partial charge is 0.234 e. The number of aliphatic imine (C=N–C) groups is 1. The Morgan fingerprint density at radius 1 is 1.42 bits per heavy atom. The highest BCUT2D eigenvalue weighted by molar-refractivity contribution is 5.76. The lowest BCUT2D eigenvalue weighted by molar-refractivity contribution is -0.130. The van der Waals surface area contributed by atoms with Gasteiger partial charge in [0.25, 0.3) is 0 Å². The lowest BCUT2D eigenvalue weighted by Gasteiger charge is -2.17. The van der Waals surface area contributed by atoms with E-state index in [1.165, 1.54) is 6.08 Å². The lowest BCUT2D eigenvalue weighted by Crippen LogP contribution is -2.30. The number of nitrogens with zero attached hydrogens (tertiary/aromatic N) is 2. The van der Waals surface area contributed by atoms with Crippen LogP contribution in [0.4, 0.5) is 0 Å². The van der Waals surface area contributed by atoms with Gasteiger partial charge in [0.1, 0.15) is 0 Å². The Bertz CT molecular complexity index is 181. The Morgan fingerprint density at radius 2 is 2.00 bits per heavy atom. The van der Waals surface area contributed by atoms with Crippen LogP contribution in [0, 0.1) is 0 Å². The van der Waals surface area contributed by atoms with Gasteiger partial charge in [-0.25, -0.2) is 9.79 Å². The maximum atomic E-state index is 11.2. The molecular weight excluding hydrogens is 156 g/mol. The quantitative estimate of drug-likeness (QED) is 0.447. The SMILES string of the molecule is CCN(CC)C(=O)CCN=C=O. The summed E-state index contributed by atoms with van der Waals surface area (Å²) in [6.45, 7) is 5.51. The zero-order valence-corrected chi connectivity index (χ0v) is 7.54. The number of carbonyl (C=O) groups excluding carboxylic acids is 2. The molecule has 0 fully saturated rings. The van der Waals surface area contributed by atoms with Crippen LogP contribution in [0.5, 0.6) is 0 Å². The van der Waals surface area contributed by atoms with Crippen LogP contribution >= 0.6 is 0 Å². The summed E-state index contributed by atoms with van der Waals surface area (Å²) in [5.74, 6) is 0.0407. The molecule has 0 aromatic heterocycles. The summed E-state index contributed by atoms with van der Waals surface area (Å²) in [5, 5.41) is 0. The molecule has 0 bridgehead atoms. The third-order valence-corrected chi connectivity index (χ3v) is 1.62. The number of hydrogen-bond donors (Lipinski definition) is 0. The fraction of sp³-hybridized carbons (Fsp3) is 0.750. The lowest BCUT2D eigenvalue weighted by atomic mass is 10.3. The minimum atomic E-state index is 0.0407. The molecule has 4 heteroatoms. The summed E-state index contributed by atoms with van der Waals surface area (Å²) in [6.07, 6.45) is 1.70. The number of carbonyl (C=O) groups is 1. The molecule has 1 amide bonds. The molecule has 0 aliphatic heterocycles. The van der Waals surface area contributed by atoms with Crippen LogP contribution in [0.25, 0.3) is 0 Å². The second-order valence-electron chi connectivity index (χ2n) is 2.29. The maximum absolute atomic E-state index is 11.2. The van der Waals surface area contributed by atoms with Crippen LogP contribution in [-0.4, -0.2) is 36.5 Å². The normalized spacial score (nSPS) is 8.83. The van der Waals surface area contributed by atoms with E-state index >= 15 is 0 Å². The molecule has 0 aromatic rings. The van der Waals surface area contributed by atoms with E-state index < -0.39 is 0 Å². The van der Waals surface area contributed by atoms with Crippen LogP contribution in [0.15, 0.2) is 4.99 Å². The second kappa shape index (κ2) is 6.55. The first-order valence-electron chi connectivity index (χ1n) is 4.07. The van der Waals surface area contributed by atoms with Gasteiger partial charge in [0.2, 0.25) is 12.0 Å². The standard InChI is InChI=1S/C8H14N2O2/c1-3-10(4-2)8(12)5-6-9-7-11/h3-6H2,1-2H3. The Hall–Kier alpha value is -1.15. The Morgan fingerprint density at radius 3 is 2.42 bits per heavy atom. The molecule has 4 nitrogen and oxygen atoms in total. The minimum Gasteiger partial charge on any atom is -0.343 e. The number of amides is 1. The summed E-state index contributed by atoms with van der Waals surface area (Å²) < 4.78 is 0. The molecule has 68 valence electrons. The van der Waals surface area contributed by atoms with E-state index in [0.717, 1.165) is 0 Å². The van der Waals surface area contributed by atoms with Crippen LogP contribution in [0.1, 0.15) is 20.3 Å². The second-order valence-corrected chi connectivity index (χ2v) is 2.29. The highest BCUT2D eigenvalue weighted by Gasteiger charge is 2.07. The summed E-state index contributed by atoms with van der Waals surface area (Å²) in [4.78, 5) is 25.9. The van der Waals surface area contributed by atoms with Gasteiger partial charge in [0, 0.05) is 19.5 Å². The van der Waals surface area contributed by atoms with Crippen LogP contribution < -0.4 is 0 Å². The van der Waals surface area contributed by atoms with Gasteiger partial charge in [-0.3, -0.25) is 4.79 Å². The van der Waals surface area contributed by atoms with E-state index in [4.69, 9.17) is 0 Å². The third kappa shape index (κ3) is 3.88. The van der Waals surface area contributed by atoms with E-state index in [1.807, 2.05) is 13.8 Å². The average Bonchev–Trinajstić information content (AvgIpc) is 2.07. The van der Waals surface area contributed by atoms with Crippen molar-refractivity contribution < 1.29 is 9.59 Å². The largest absolute Gasteiger partial charge is 0.343 e. The summed E-state index contributed by atoms with van der Waals surface area (Å²) in [5.41, 5.74) is 0. The van der Waals surface area contributed by atoms with Crippen molar-refractivity contribution in [3.63, 3.8) is 0 Å². The van der Waals surface area contributed by atoms with E-state index in [1.54, 1.807) is 4.90 Å². The van der Waals surface area contributed by atoms with E-state index in [0.29, 0.717) is 19.5 Å². The van der Waals surface area contributed by atoms with Crippen LogP contribution in [-0.2, 0) is 9.59 Å². The zero-order chi connectivity index (χ0) is 9.40. The third-order valence-electron chi connectivity index (χ3n) is 1.62. The van der Waals surface area contributed by atoms with Gasteiger partial charge in [-0.15, -0.1) is 0 Å². The maximum Gasteiger partial charge on any atom is 0.234 e. The van der Waals surface area contributed by atoms with E-state index in [-0.39, 0.29) is 12.5 Å². The van der Waals surface area contributed by atoms with Gasteiger partial charge in [-0.05, 0) is 13.8 Å². The molecule has 0 saturated carbocycles. The Kier molecular flexibility index (Phi) is 5.93. The van der Waals surface area contributed by atoms with Crippen molar-refractivity contribution in [2.24, 2.45) is 4.99 Å². The van der Waals surface area contributed by atoms with Crippen molar-refractivity contribution >= 4 is 12.0 Å². The van der Waals surface area contributed by atoms with Gasteiger partial charge in [0.05, 0.1) is 6.54 Å². The molecule has 0 N–H and O–H groups in total. The Balaban J connectivity index is 3.76. The molecule has 0 atom stereocenters. The molecule has 0 aliphatic carbocycles. The average molecular weight is 170 g/mol. The first-order valence-corrected chi connectivity index (χ1v) is 4.07. The molecule has 0 aliphatic rings. The van der Waals surface area contributed by atoms with Gasteiger partial charge in [-0.1, -0.05) is 0 Å².